The molecule has 1 aromatic heterocycles. The fourth-order valence-corrected chi connectivity index (χ4v) is 2.29. The van der Waals surface area contributed by atoms with Gasteiger partial charge in [0.25, 0.3) is 0 Å². The highest BCUT2D eigenvalue weighted by atomic mass is 79.9. The third-order valence-electron chi connectivity index (χ3n) is 2.32. The van der Waals surface area contributed by atoms with Crippen LogP contribution in [0.3, 0.4) is 0 Å². The van der Waals surface area contributed by atoms with Crippen molar-refractivity contribution in [2.24, 2.45) is 5.92 Å². The van der Waals surface area contributed by atoms with E-state index in [4.69, 9.17) is 0 Å². The Bertz CT molecular complexity index is 300. The van der Waals surface area contributed by atoms with E-state index in [1.165, 1.54) is 4.88 Å². The van der Waals surface area contributed by atoms with Crippen molar-refractivity contribution < 1.29 is 4.79 Å². The molecule has 0 radical (unpaired) electrons. The van der Waals surface area contributed by atoms with Crippen molar-refractivity contribution in [2.75, 3.05) is 11.9 Å². The predicted octanol–water partition coefficient (Wildman–Crippen LogP) is 3.22. The Morgan fingerprint density at radius 3 is 3.06 bits per heavy atom. The predicted molar refractivity (Wildman–Crippen MR) is 73.2 cm³/mol. The Morgan fingerprint density at radius 2 is 2.44 bits per heavy atom. The molecule has 1 unspecified atom stereocenters. The molecule has 1 amide bonds. The number of hydrogen-bond acceptors (Lipinski definition) is 2. The molecule has 0 aromatic carbocycles. The zero-order valence-corrected chi connectivity index (χ0v) is 11.9. The molecule has 90 valence electrons. The number of aryl methyl sites for hydroxylation is 1. The number of nitrogens with one attached hydrogen (secondary N) is 1. The number of hydrogen-bond donors (Lipinski definition) is 1. The fourth-order valence-electron chi connectivity index (χ4n) is 1.31. The fraction of sp³-hybridized carbons (Fsp3) is 0.583. The quantitative estimate of drug-likeness (QED) is 0.770. The van der Waals surface area contributed by atoms with E-state index in [9.17, 15) is 4.79 Å². The van der Waals surface area contributed by atoms with E-state index in [1.54, 1.807) is 11.3 Å². The molecule has 2 nitrogen and oxygen atoms in total. The number of carbonyl (C=O) groups is 1. The number of alkyl halides is 1. The molecule has 0 spiro atoms. The lowest BCUT2D eigenvalue weighted by atomic mass is 10.2. The Hall–Kier alpha value is -0.350. The van der Waals surface area contributed by atoms with Gasteiger partial charge in [-0.05, 0) is 30.2 Å². The van der Waals surface area contributed by atoms with E-state index >= 15 is 0 Å². The maximum atomic E-state index is 11.5. The molecule has 4 heteroatoms. The van der Waals surface area contributed by atoms with Crippen LogP contribution in [0.2, 0.25) is 0 Å². The van der Waals surface area contributed by atoms with Gasteiger partial charge in [-0.15, -0.1) is 11.3 Å². The summed E-state index contributed by atoms with van der Waals surface area (Å²) in [5, 5.41) is 5.96. The Balaban J connectivity index is 2.06. The third-order valence-corrected chi connectivity index (χ3v) is 4.36. The van der Waals surface area contributed by atoms with E-state index in [2.05, 4.69) is 45.7 Å². The summed E-state index contributed by atoms with van der Waals surface area (Å²) in [6, 6.07) is 4.17. The second kappa shape index (κ2) is 7.85. The van der Waals surface area contributed by atoms with E-state index in [0.717, 1.165) is 24.7 Å². The first-order chi connectivity index (χ1) is 7.72. The lowest BCUT2D eigenvalue weighted by Crippen LogP contribution is -2.28. The standard InChI is InChI=1S/C12H18BrNOS/c1-10(8-13)9-14-12(15)6-2-4-11-5-3-7-16-11/h3,5,7,10H,2,4,6,8-9H2,1H3,(H,14,15). The number of rotatable bonds is 7. The molecular weight excluding hydrogens is 286 g/mol. The van der Waals surface area contributed by atoms with Gasteiger partial charge >= 0.3 is 0 Å². The van der Waals surface area contributed by atoms with Crippen LogP contribution in [0.4, 0.5) is 0 Å². The van der Waals surface area contributed by atoms with Gasteiger partial charge in [-0.2, -0.15) is 0 Å². The zero-order chi connectivity index (χ0) is 11.8. The van der Waals surface area contributed by atoms with E-state index in [0.29, 0.717) is 12.3 Å². The molecule has 1 N–H and O–H groups in total. The summed E-state index contributed by atoms with van der Waals surface area (Å²) < 4.78 is 0. The van der Waals surface area contributed by atoms with E-state index in [-0.39, 0.29) is 5.91 Å². The van der Waals surface area contributed by atoms with Crippen LogP contribution in [0.15, 0.2) is 17.5 Å². The first-order valence-electron chi connectivity index (χ1n) is 5.57. The SMILES string of the molecule is CC(CBr)CNC(=O)CCCc1cccs1. The number of amides is 1. The topological polar surface area (TPSA) is 29.1 Å². The van der Waals surface area contributed by atoms with Crippen LogP contribution >= 0.6 is 27.3 Å². The van der Waals surface area contributed by atoms with Crippen LogP contribution in [-0.4, -0.2) is 17.8 Å². The van der Waals surface area contributed by atoms with Crippen molar-refractivity contribution in [3.8, 4) is 0 Å². The van der Waals surface area contributed by atoms with Crippen molar-refractivity contribution in [2.45, 2.75) is 26.2 Å². The molecular formula is C12H18BrNOS. The molecule has 0 fully saturated rings. The average molecular weight is 304 g/mol. The number of thiophene rings is 1. The smallest absolute Gasteiger partial charge is 0.220 e. The van der Waals surface area contributed by atoms with E-state index in [1.807, 2.05) is 0 Å². The second-order valence-corrected chi connectivity index (χ2v) is 5.68. The molecule has 0 aliphatic rings. The molecule has 0 bridgehead atoms. The van der Waals surface area contributed by atoms with Crippen molar-refractivity contribution >= 4 is 33.2 Å². The first kappa shape index (κ1) is 13.7. The van der Waals surface area contributed by atoms with E-state index < -0.39 is 0 Å². The molecule has 1 rings (SSSR count). The Morgan fingerprint density at radius 1 is 1.62 bits per heavy atom. The molecule has 0 saturated carbocycles. The lowest BCUT2D eigenvalue weighted by molar-refractivity contribution is -0.121. The molecule has 0 aliphatic heterocycles. The molecule has 1 heterocycles. The summed E-state index contributed by atoms with van der Waals surface area (Å²) in [7, 11) is 0. The van der Waals surface area contributed by atoms with Crippen molar-refractivity contribution in [3.05, 3.63) is 22.4 Å². The maximum absolute atomic E-state index is 11.5. The summed E-state index contributed by atoms with van der Waals surface area (Å²) in [4.78, 5) is 12.8. The Labute approximate surface area is 110 Å². The summed E-state index contributed by atoms with van der Waals surface area (Å²) >= 11 is 5.15. The van der Waals surface area contributed by atoms with Crippen LogP contribution in [0.1, 0.15) is 24.6 Å². The van der Waals surface area contributed by atoms with Gasteiger partial charge in [-0.1, -0.05) is 28.9 Å². The molecule has 1 atom stereocenters. The summed E-state index contributed by atoms with van der Waals surface area (Å²) in [6.45, 7) is 2.88. The van der Waals surface area contributed by atoms with Gasteiger partial charge in [0.1, 0.15) is 0 Å². The normalized spacial score (nSPS) is 12.4. The highest BCUT2D eigenvalue weighted by molar-refractivity contribution is 9.09. The molecule has 0 saturated heterocycles. The highest BCUT2D eigenvalue weighted by Crippen LogP contribution is 2.11. The Kier molecular flexibility index (Phi) is 6.73. The molecule has 16 heavy (non-hydrogen) atoms. The van der Waals surface area contributed by atoms with Gasteiger partial charge in [0.15, 0.2) is 0 Å². The van der Waals surface area contributed by atoms with Crippen molar-refractivity contribution in [3.63, 3.8) is 0 Å². The van der Waals surface area contributed by atoms with Crippen LogP contribution < -0.4 is 5.32 Å². The van der Waals surface area contributed by atoms with Crippen molar-refractivity contribution in [1.29, 1.82) is 0 Å². The molecule has 1 aromatic rings. The highest BCUT2D eigenvalue weighted by Gasteiger charge is 2.04. The van der Waals surface area contributed by atoms with Crippen molar-refractivity contribution in [1.82, 2.24) is 5.32 Å². The number of halogens is 1. The minimum absolute atomic E-state index is 0.171. The third kappa shape index (κ3) is 5.66. The second-order valence-electron chi connectivity index (χ2n) is 4.00. The monoisotopic (exact) mass is 303 g/mol. The van der Waals surface area contributed by atoms with Gasteiger partial charge in [-0.25, -0.2) is 0 Å². The molecule has 0 aliphatic carbocycles. The first-order valence-corrected chi connectivity index (χ1v) is 7.57. The van der Waals surface area contributed by atoms with Gasteiger partial charge in [-0.3, -0.25) is 4.79 Å². The largest absolute Gasteiger partial charge is 0.356 e. The van der Waals surface area contributed by atoms with Crippen LogP contribution in [0.25, 0.3) is 0 Å². The zero-order valence-electron chi connectivity index (χ0n) is 9.54. The van der Waals surface area contributed by atoms with Crippen LogP contribution in [0, 0.1) is 5.92 Å². The number of carbonyl (C=O) groups excluding carboxylic acids is 1. The van der Waals surface area contributed by atoms with Gasteiger partial charge in [0.2, 0.25) is 5.91 Å². The van der Waals surface area contributed by atoms with Gasteiger partial charge < -0.3 is 5.32 Å². The van der Waals surface area contributed by atoms with Crippen LogP contribution in [-0.2, 0) is 11.2 Å². The lowest BCUT2D eigenvalue weighted by Gasteiger charge is -2.09. The minimum Gasteiger partial charge on any atom is -0.356 e. The van der Waals surface area contributed by atoms with Crippen LogP contribution in [0.5, 0.6) is 0 Å². The maximum Gasteiger partial charge on any atom is 0.220 e. The summed E-state index contributed by atoms with van der Waals surface area (Å²) in [6.07, 6.45) is 2.58. The summed E-state index contributed by atoms with van der Waals surface area (Å²) in [5.74, 6) is 0.672. The van der Waals surface area contributed by atoms with Gasteiger partial charge in [0, 0.05) is 23.2 Å². The average Bonchev–Trinajstić information content (AvgIpc) is 2.79. The van der Waals surface area contributed by atoms with Gasteiger partial charge in [0.05, 0.1) is 0 Å². The minimum atomic E-state index is 0.171. The summed E-state index contributed by atoms with van der Waals surface area (Å²) in [5.41, 5.74) is 0.